The molecule has 0 aliphatic carbocycles. The lowest BCUT2D eigenvalue weighted by Crippen LogP contribution is -1.94. The number of imidazole rings is 1. The average molecular weight is 356 g/mol. The van der Waals surface area contributed by atoms with Crippen LogP contribution in [-0.2, 0) is 7.05 Å². The summed E-state index contributed by atoms with van der Waals surface area (Å²) in [5.41, 5.74) is 6.15. The van der Waals surface area contributed by atoms with Crippen molar-refractivity contribution in [1.29, 1.82) is 0 Å². The predicted molar refractivity (Wildman–Crippen MR) is 107 cm³/mol. The zero-order valence-corrected chi connectivity index (χ0v) is 15.0. The Morgan fingerprint density at radius 3 is 2.50 bits per heavy atom. The fourth-order valence-corrected chi connectivity index (χ4v) is 4.06. The molecule has 0 fully saturated rings. The van der Waals surface area contributed by atoms with Gasteiger partial charge in [0.2, 0.25) is 0 Å². The molecule has 126 valence electrons. The monoisotopic (exact) mass is 356 g/mol. The molecule has 4 nitrogen and oxygen atoms in total. The minimum absolute atomic E-state index is 0.919. The van der Waals surface area contributed by atoms with Gasteiger partial charge >= 0.3 is 0 Å². The number of fused-ring (bicyclic) bond motifs is 1. The van der Waals surface area contributed by atoms with Crippen molar-refractivity contribution in [3.63, 3.8) is 0 Å². The van der Waals surface area contributed by atoms with Crippen molar-refractivity contribution in [3.05, 3.63) is 72.1 Å². The second-order valence-electron chi connectivity index (χ2n) is 6.15. The van der Waals surface area contributed by atoms with E-state index in [-0.39, 0.29) is 0 Å². The molecule has 0 aliphatic rings. The molecule has 0 saturated carbocycles. The summed E-state index contributed by atoms with van der Waals surface area (Å²) in [7, 11) is 2.06. The highest BCUT2D eigenvalue weighted by atomic mass is 32.1. The van der Waals surface area contributed by atoms with Crippen LogP contribution in [0.4, 0.5) is 0 Å². The maximum absolute atomic E-state index is 4.92. The first-order valence-corrected chi connectivity index (χ1v) is 9.30. The highest BCUT2D eigenvalue weighted by Crippen LogP contribution is 2.39. The average Bonchev–Trinajstić information content (AvgIpc) is 3.41. The summed E-state index contributed by atoms with van der Waals surface area (Å²) < 4.78 is 2.14. The molecular formula is C21H16N4S. The maximum atomic E-state index is 4.92. The lowest BCUT2D eigenvalue weighted by molar-refractivity contribution is 0.960. The van der Waals surface area contributed by atoms with E-state index in [0.717, 1.165) is 44.2 Å². The Morgan fingerprint density at radius 1 is 0.923 bits per heavy atom. The highest BCUT2D eigenvalue weighted by Gasteiger charge is 2.23. The van der Waals surface area contributed by atoms with E-state index in [9.17, 15) is 0 Å². The standard InChI is InChI=1S/C21H16N4S/c1-25-16-11-6-5-10-15(16)22-21(25)18-19(14-8-3-2-4-9-14)23-24-20(18)17-12-7-13-26-17/h2-13H,1H3,(H,23,24). The van der Waals surface area contributed by atoms with Crippen molar-refractivity contribution < 1.29 is 0 Å². The second-order valence-corrected chi connectivity index (χ2v) is 7.10. The lowest BCUT2D eigenvalue weighted by atomic mass is 10.0. The molecule has 5 aromatic rings. The van der Waals surface area contributed by atoms with Gasteiger partial charge in [0.1, 0.15) is 11.5 Å². The van der Waals surface area contributed by atoms with Crippen molar-refractivity contribution in [1.82, 2.24) is 19.7 Å². The van der Waals surface area contributed by atoms with Crippen LogP contribution >= 0.6 is 11.3 Å². The van der Waals surface area contributed by atoms with Crippen LogP contribution < -0.4 is 0 Å². The number of hydrogen-bond donors (Lipinski definition) is 1. The van der Waals surface area contributed by atoms with Gasteiger partial charge in [0.05, 0.1) is 27.2 Å². The van der Waals surface area contributed by atoms with Crippen LogP contribution in [0.2, 0.25) is 0 Å². The number of nitrogens with one attached hydrogen (secondary N) is 1. The van der Waals surface area contributed by atoms with E-state index in [0.29, 0.717) is 0 Å². The molecule has 3 heterocycles. The summed E-state index contributed by atoms with van der Waals surface area (Å²) in [5, 5.41) is 9.99. The van der Waals surface area contributed by atoms with Crippen molar-refractivity contribution in [3.8, 4) is 33.2 Å². The van der Waals surface area contributed by atoms with E-state index in [1.807, 2.05) is 36.4 Å². The number of rotatable bonds is 3. The number of benzene rings is 2. The van der Waals surface area contributed by atoms with Crippen molar-refractivity contribution in [2.75, 3.05) is 0 Å². The van der Waals surface area contributed by atoms with Gasteiger partial charge in [0.15, 0.2) is 0 Å². The Morgan fingerprint density at radius 2 is 1.73 bits per heavy atom. The fraction of sp³-hybridized carbons (Fsp3) is 0.0476. The third-order valence-corrected chi connectivity index (χ3v) is 5.48. The molecule has 1 N–H and O–H groups in total. The zero-order valence-electron chi connectivity index (χ0n) is 14.2. The minimum atomic E-state index is 0.919. The number of para-hydroxylation sites is 2. The van der Waals surface area contributed by atoms with Crippen molar-refractivity contribution in [2.45, 2.75) is 0 Å². The summed E-state index contributed by atoms with van der Waals surface area (Å²) in [6.07, 6.45) is 0. The maximum Gasteiger partial charge on any atom is 0.145 e. The molecule has 0 amide bonds. The molecule has 2 aromatic carbocycles. The normalized spacial score (nSPS) is 11.3. The van der Waals surface area contributed by atoms with Gasteiger partial charge < -0.3 is 4.57 Å². The molecule has 26 heavy (non-hydrogen) atoms. The smallest absolute Gasteiger partial charge is 0.145 e. The first kappa shape index (κ1) is 15.1. The number of aryl methyl sites for hydroxylation is 1. The van der Waals surface area contributed by atoms with Gasteiger partial charge in [-0.25, -0.2) is 4.98 Å². The summed E-state index contributed by atoms with van der Waals surface area (Å²) in [6.45, 7) is 0. The van der Waals surface area contributed by atoms with Crippen LogP contribution in [0.3, 0.4) is 0 Å². The van der Waals surface area contributed by atoms with Gasteiger partial charge in [-0.1, -0.05) is 48.5 Å². The summed E-state index contributed by atoms with van der Waals surface area (Å²) in [5.74, 6) is 0.919. The zero-order chi connectivity index (χ0) is 17.5. The van der Waals surface area contributed by atoms with Gasteiger partial charge in [-0.15, -0.1) is 11.3 Å². The molecule has 0 unspecified atom stereocenters. The summed E-state index contributed by atoms with van der Waals surface area (Å²) in [6, 6.07) is 22.6. The largest absolute Gasteiger partial charge is 0.327 e. The Bertz CT molecular complexity index is 1180. The molecule has 0 atom stereocenters. The van der Waals surface area contributed by atoms with Crippen LogP contribution in [0.15, 0.2) is 72.1 Å². The molecule has 0 aliphatic heterocycles. The Kier molecular flexibility index (Phi) is 3.47. The number of aromatic amines is 1. The first-order chi connectivity index (χ1) is 12.8. The number of hydrogen-bond acceptors (Lipinski definition) is 3. The van der Waals surface area contributed by atoms with Crippen LogP contribution in [0.25, 0.3) is 44.2 Å². The molecular weight excluding hydrogens is 340 g/mol. The van der Waals surface area contributed by atoms with Gasteiger partial charge in [0, 0.05) is 12.6 Å². The quantitative estimate of drug-likeness (QED) is 0.473. The molecule has 0 saturated heterocycles. The third kappa shape index (κ3) is 2.29. The van der Waals surface area contributed by atoms with E-state index in [1.54, 1.807) is 11.3 Å². The molecule has 0 spiro atoms. The Labute approximate surface area is 154 Å². The molecule has 5 heteroatoms. The van der Waals surface area contributed by atoms with Crippen LogP contribution in [-0.4, -0.2) is 19.7 Å². The van der Waals surface area contributed by atoms with Crippen molar-refractivity contribution in [2.24, 2.45) is 7.05 Å². The molecule has 0 bridgehead atoms. The van der Waals surface area contributed by atoms with Gasteiger partial charge in [0.25, 0.3) is 0 Å². The van der Waals surface area contributed by atoms with Crippen LogP contribution in [0.5, 0.6) is 0 Å². The summed E-state index contributed by atoms with van der Waals surface area (Å²) in [4.78, 5) is 6.07. The van der Waals surface area contributed by atoms with E-state index in [2.05, 4.69) is 57.5 Å². The van der Waals surface area contributed by atoms with Crippen LogP contribution in [0.1, 0.15) is 0 Å². The summed E-state index contributed by atoms with van der Waals surface area (Å²) >= 11 is 1.70. The number of thiophene rings is 1. The molecule has 0 radical (unpaired) electrons. The second kappa shape index (κ2) is 5.97. The van der Waals surface area contributed by atoms with Gasteiger partial charge in [-0.3, -0.25) is 5.10 Å². The van der Waals surface area contributed by atoms with E-state index >= 15 is 0 Å². The number of H-pyrrole nitrogens is 1. The molecule has 3 aromatic heterocycles. The minimum Gasteiger partial charge on any atom is -0.327 e. The van der Waals surface area contributed by atoms with Crippen molar-refractivity contribution >= 4 is 22.4 Å². The van der Waals surface area contributed by atoms with Gasteiger partial charge in [-0.05, 0) is 23.6 Å². The Balaban J connectivity index is 1.83. The Hall–Kier alpha value is -3.18. The van der Waals surface area contributed by atoms with E-state index < -0.39 is 0 Å². The van der Waals surface area contributed by atoms with Crippen LogP contribution in [0, 0.1) is 0 Å². The topological polar surface area (TPSA) is 46.5 Å². The van der Waals surface area contributed by atoms with Gasteiger partial charge in [-0.2, -0.15) is 5.10 Å². The third-order valence-electron chi connectivity index (χ3n) is 4.59. The van der Waals surface area contributed by atoms with E-state index in [4.69, 9.17) is 4.98 Å². The highest BCUT2D eigenvalue weighted by molar-refractivity contribution is 7.13. The fourth-order valence-electron chi connectivity index (χ4n) is 3.33. The number of nitrogens with zero attached hydrogens (tertiary/aromatic N) is 3. The molecule has 5 rings (SSSR count). The first-order valence-electron chi connectivity index (χ1n) is 8.42. The van der Waals surface area contributed by atoms with E-state index in [1.165, 1.54) is 0 Å². The number of aromatic nitrogens is 4. The SMILES string of the molecule is Cn1c(-c2c(-c3ccccc3)n[nH]c2-c2cccs2)nc2ccccc21. The lowest BCUT2D eigenvalue weighted by Gasteiger charge is -2.06. The predicted octanol–water partition coefficient (Wildman–Crippen LogP) is 5.36.